The van der Waals surface area contributed by atoms with Gasteiger partial charge in [-0.15, -0.1) is 0 Å². The molecule has 2 aromatic heterocycles. The molecule has 108 valence electrons. The van der Waals surface area contributed by atoms with Gasteiger partial charge < -0.3 is 10.1 Å². The van der Waals surface area contributed by atoms with Crippen LogP contribution in [0, 0.1) is 13.8 Å². The summed E-state index contributed by atoms with van der Waals surface area (Å²) < 4.78 is 6.98. The molecule has 2 heterocycles. The Kier molecular flexibility index (Phi) is 5.20. The lowest BCUT2D eigenvalue weighted by Crippen LogP contribution is -2.19. The highest BCUT2D eigenvalue weighted by molar-refractivity contribution is 5.24. The molecule has 0 saturated heterocycles. The van der Waals surface area contributed by atoms with Crippen molar-refractivity contribution >= 4 is 0 Å². The van der Waals surface area contributed by atoms with Gasteiger partial charge in [0.15, 0.2) is 0 Å². The number of hydrogen-bond donors (Lipinski definition) is 1. The standard InChI is InChI=1S/C14H21N5O/c1-11-13(9-15-7-8-20-3)12(2)19(18-11)10-14-16-5-4-6-17-14/h4-6,15H,7-10H2,1-3H3. The molecule has 0 amide bonds. The molecule has 1 N–H and O–H groups in total. The second-order valence-corrected chi connectivity index (χ2v) is 4.64. The summed E-state index contributed by atoms with van der Waals surface area (Å²) in [6.07, 6.45) is 3.50. The van der Waals surface area contributed by atoms with E-state index in [9.17, 15) is 0 Å². The zero-order valence-electron chi connectivity index (χ0n) is 12.3. The number of methoxy groups -OCH3 is 1. The van der Waals surface area contributed by atoms with Gasteiger partial charge >= 0.3 is 0 Å². The van der Waals surface area contributed by atoms with Crippen LogP contribution in [0.2, 0.25) is 0 Å². The molecule has 2 aromatic rings. The maximum absolute atomic E-state index is 5.02. The lowest BCUT2D eigenvalue weighted by molar-refractivity contribution is 0.199. The summed E-state index contributed by atoms with van der Waals surface area (Å²) in [6.45, 7) is 7.06. The number of aryl methyl sites for hydroxylation is 1. The fraction of sp³-hybridized carbons (Fsp3) is 0.500. The first kappa shape index (κ1) is 14.6. The lowest BCUT2D eigenvalue weighted by atomic mass is 10.2. The smallest absolute Gasteiger partial charge is 0.149 e. The van der Waals surface area contributed by atoms with Crippen LogP contribution in [-0.2, 0) is 17.8 Å². The monoisotopic (exact) mass is 275 g/mol. The third-order valence-corrected chi connectivity index (χ3v) is 3.23. The number of hydrogen-bond acceptors (Lipinski definition) is 5. The van der Waals surface area contributed by atoms with Gasteiger partial charge in [0.2, 0.25) is 0 Å². The predicted molar refractivity (Wildman–Crippen MR) is 76.4 cm³/mol. The second-order valence-electron chi connectivity index (χ2n) is 4.64. The molecule has 0 fully saturated rings. The summed E-state index contributed by atoms with van der Waals surface area (Å²) in [6, 6.07) is 1.82. The number of ether oxygens (including phenoxy) is 1. The largest absolute Gasteiger partial charge is 0.383 e. The molecule has 0 atom stereocenters. The third kappa shape index (κ3) is 3.61. The Balaban J connectivity index is 2.04. The molecular weight excluding hydrogens is 254 g/mol. The molecule has 2 rings (SSSR count). The van der Waals surface area contributed by atoms with Crippen molar-refractivity contribution in [2.75, 3.05) is 20.3 Å². The summed E-state index contributed by atoms with van der Waals surface area (Å²) >= 11 is 0. The highest BCUT2D eigenvalue weighted by atomic mass is 16.5. The zero-order valence-corrected chi connectivity index (χ0v) is 12.3. The Morgan fingerprint density at radius 1 is 1.25 bits per heavy atom. The molecule has 0 aliphatic heterocycles. The molecule has 0 bridgehead atoms. The van der Waals surface area contributed by atoms with Gasteiger partial charge in [0.1, 0.15) is 12.4 Å². The Labute approximate surface area is 119 Å². The van der Waals surface area contributed by atoms with Gasteiger partial charge in [0.05, 0.1) is 12.3 Å². The van der Waals surface area contributed by atoms with E-state index < -0.39 is 0 Å². The van der Waals surface area contributed by atoms with E-state index in [-0.39, 0.29) is 0 Å². The molecule has 0 spiro atoms. The number of rotatable bonds is 7. The van der Waals surface area contributed by atoms with E-state index >= 15 is 0 Å². The molecule has 0 unspecified atom stereocenters. The normalized spacial score (nSPS) is 10.9. The van der Waals surface area contributed by atoms with E-state index in [2.05, 4.69) is 27.3 Å². The fourth-order valence-electron chi connectivity index (χ4n) is 2.08. The topological polar surface area (TPSA) is 64.9 Å². The minimum absolute atomic E-state index is 0.603. The second kappa shape index (κ2) is 7.12. The van der Waals surface area contributed by atoms with Crippen molar-refractivity contribution in [2.24, 2.45) is 0 Å². The van der Waals surface area contributed by atoms with E-state index in [0.717, 1.165) is 30.3 Å². The molecule has 0 aliphatic carbocycles. The molecule has 0 aromatic carbocycles. The molecule has 6 nitrogen and oxygen atoms in total. The van der Waals surface area contributed by atoms with Crippen molar-refractivity contribution in [3.8, 4) is 0 Å². The van der Waals surface area contributed by atoms with Crippen LogP contribution < -0.4 is 5.32 Å². The molecule has 0 saturated carbocycles. The number of nitrogens with one attached hydrogen (secondary N) is 1. The summed E-state index contributed by atoms with van der Waals surface area (Å²) in [5.74, 6) is 0.775. The van der Waals surface area contributed by atoms with Crippen LogP contribution in [0.1, 0.15) is 22.8 Å². The Bertz CT molecular complexity index is 538. The predicted octanol–water partition coefficient (Wildman–Crippen LogP) is 1.07. The van der Waals surface area contributed by atoms with Crippen LogP contribution in [0.3, 0.4) is 0 Å². The summed E-state index contributed by atoms with van der Waals surface area (Å²) in [5.41, 5.74) is 3.43. The van der Waals surface area contributed by atoms with Gasteiger partial charge in [-0.25, -0.2) is 9.97 Å². The van der Waals surface area contributed by atoms with E-state index in [1.165, 1.54) is 5.56 Å². The van der Waals surface area contributed by atoms with Crippen LogP contribution in [0.25, 0.3) is 0 Å². The van der Waals surface area contributed by atoms with Gasteiger partial charge in [-0.3, -0.25) is 4.68 Å². The van der Waals surface area contributed by atoms with E-state index in [1.54, 1.807) is 19.5 Å². The van der Waals surface area contributed by atoms with Crippen molar-refractivity contribution < 1.29 is 4.74 Å². The number of aromatic nitrogens is 4. The quantitative estimate of drug-likeness (QED) is 0.766. The average molecular weight is 275 g/mol. The van der Waals surface area contributed by atoms with Crippen LogP contribution in [0.4, 0.5) is 0 Å². The van der Waals surface area contributed by atoms with Crippen molar-refractivity contribution in [2.45, 2.75) is 26.9 Å². The Morgan fingerprint density at radius 2 is 2.00 bits per heavy atom. The van der Waals surface area contributed by atoms with Crippen molar-refractivity contribution in [1.29, 1.82) is 0 Å². The van der Waals surface area contributed by atoms with Gasteiger partial charge in [0, 0.05) is 43.9 Å². The van der Waals surface area contributed by atoms with Crippen molar-refractivity contribution in [3.63, 3.8) is 0 Å². The van der Waals surface area contributed by atoms with Crippen LogP contribution in [-0.4, -0.2) is 40.0 Å². The minimum atomic E-state index is 0.603. The Hall–Kier alpha value is -1.79. The fourth-order valence-corrected chi connectivity index (χ4v) is 2.08. The van der Waals surface area contributed by atoms with E-state index in [1.807, 2.05) is 17.7 Å². The van der Waals surface area contributed by atoms with E-state index in [0.29, 0.717) is 13.2 Å². The maximum atomic E-state index is 5.02. The summed E-state index contributed by atoms with van der Waals surface area (Å²) in [4.78, 5) is 8.47. The van der Waals surface area contributed by atoms with E-state index in [4.69, 9.17) is 4.74 Å². The number of nitrogens with zero attached hydrogens (tertiary/aromatic N) is 4. The van der Waals surface area contributed by atoms with Crippen LogP contribution >= 0.6 is 0 Å². The first-order valence-electron chi connectivity index (χ1n) is 6.70. The molecular formula is C14H21N5O. The molecule has 20 heavy (non-hydrogen) atoms. The van der Waals surface area contributed by atoms with Crippen LogP contribution in [0.5, 0.6) is 0 Å². The SMILES string of the molecule is COCCNCc1c(C)nn(Cc2ncccn2)c1C. The lowest BCUT2D eigenvalue weighted by Gasteiger charge is -2.06. The summed E-state index contributed by atoms with van der Waals surface area (Å²) in [5, 5.41) is 7.92. The maximum Gasteiger partial charge on any atom is 0.149 e. The Morgan fingerprint density at radius 3 is 2.70 bits per heavy atom. The van der Waals surface area contributed by atoms with Crippen molar-refractivity contribution in [1.82, 2.24) is 25.1 Å². The first-order valence-corrected chi connectivity index (χ1v) is 6.70. The molecule has 0 aliphatic rings. The zero-order chi connectivity index (χ0) is 14.4. The average Bonchev–Trinajstić information content (AvgIpc) is 2.72. The van der Waals surface area contributed by atoms with Gasteiger partial charge in [-0.2, -0.15) is 5.10 Å². The molecule has 0 radical (unpaired) electrons. The summed E-state index contributed by atoms with van der Waals surface area (Å²) in [7, 11) is 1.70. The highest BCUT2D eigenvalue weighted by Crippen LogP contribution is 2.13. The van der Waals surface area contributed by atoms with Gasteiger partial charge in [-0.05, 0) is 19.9 Å². The van der Waals surface area contributed by atoms with Gasteiger partial charge in [-0.1, -0.05) is 0 Å². The molecule has 6 heteroatoms. The highest BCUT2D eigenvalue weighted by Gasteiger charge is 2.11. The first-order chi connectivity index (χ1) is 9.72. The van der Waals surface area contributed by atoms with Gasteiger partial charge in [0.25, 0.3) is 0 Å². The van der Waals surface area contributed by atoms with Crippen LogP contribution in [0.15, 0.2) is 18.5 Å². The third-order valence-electron chi connectivity index (χ3n) is 3.23. The minimum Gasteiger partial charge on any atom is -0.383 e. The van der Waals surface area contributed by atoms with Crippen molar-refractivity contribution in [3.05, 3.63) is 41.2 Å².